The van der Waals surface area contributed by atoms with Gasteiger partial charge < -0.3 is 0 Å². The van der Waals surface area contributed by atoms with Gasteiger partial charge in [-0.05, 0) is 74.8 Å². The molecule has 0 fully saturated rings. The van der Waals surface area contributed by atoms with E-state index in [1.54, 1.807) is 22.7 Å². The molecular weight excluding hydrogens is 865 g/mol. The van der Waals surface area contributed by atoms with Gasteiger partial charge in [0.1, 0.15) is 0 Å². The molecule has 0 bridgehead atoms. The molecule has 13 aromatic rings. The zero-order valence-electron chi connectivity index (χ0n) is 36.5. The highest BCUT2D eigenvalue weighted by Gasteiger charge is 2.19. The topological polar surface area (TPSA) is 51.6 Å². The number of fused-ring (bicyclic) bond motifs is 6. The molecule has 4 nitrogen and oxygen atoms in total. The first-order chi connectivity index (χ1) is 33.7. The van der Waals surface area contributed by atoms with Crippen molar-refractivity contribution in [3.05, 3.63) is 231 Å². The third kappa shape index (κ3) is 7.24. The molecule has 4 aromatic heterocycles. The molecule has 0 amide bonds. The summed E-state index contributed by atoms with van der Waals surface area (Å²) < 4.78 is 4.59. The lowest BCUT2D eigenvalue weighted by molar-refractivity contribution is 1.24. The van der Waals surface area contributed by atoms with Gasteiger partial charge in [-0.2, -0.15) is 0 Å². The van der Waals surface area contributed by atoms with Crippen LogP contribution in [0.3, 0.4) is 0 Å². The maximum absolute atomic E-state index is 5.34. The van der Waals surface area contributed by atoms with Gasteiger partial charge in [0.05, 0.1) is 31.8 Å². The van der Waals surface area contributed by atoms with Gasteiger partial charge >= 0.3 is 0 Å². The third-order valence-corrected chi connectivity index (χ3v) is 15.1. The molecule has 0 unspecified atom stereocenters. The van der Waals surface area contributed by atoms with Gasteiger partial charge in [0, 0.05) is 42.4 Å². The van der Waals surface area contributed by atoms with E-state index in [1.807, 2.05) is 0 Å². The number of thiophene rings is 2. The van der Waals surface area contributed by atoms with Crippen molar-refractivity contribution in [2.75, 3.05) is 0 Å². The van der Waals surface area contributed by atoms with Crippen LogP contribution < -0.4 is 0 Å². The van der Waals surface area contributed by atoms with Crippen LogP contribution in [0.2, 0.25) is 0 Å². The van der Waals surface area contributed by atoms with E-state index in [1.165, 1.54) is 31.7 Å². The van der Waals surface area contributed by atoms with E-state index >= 15 is 0 Å². The average Bonchev–Trinajstić information content (AvgIpc) is 4.00. The molecule has 0 N–H and O–H groups in total. The fourth-order valence-corrected chi connectivity index (χ4v) is 11.6. The Balaban J connectivity index is 0.864. The van der Waals surface area contributed by atoms with Crippen molar-refractivity contribution in [3.8, 4) is 89.8 Å². The maximum Gasteiger partial charge on any atom is 0.160 e. The smallest absolute Gasteiger partial charge is 0.160 e. The van der Waals surface area contributed by atoms with Crippen LogP contribution in [0.15, 0.2) is 231 Å². The fourth-order valence-electron chi connectivity index (χ4n) is 9.29. The van der Waals surface area contributed by atoms with Gasteiger partial charge in [-0.3, -0.25) is 0 Å². The molecule has 0 saturated heterocycles. The Hall–Kier alpha value is -8.42. The summed E-state index contributed by atoms with van der Waals surface area (Å²) in [6, 6.07) is 81.6. The van der Waals surface area contributed by atoms with Crippen molar-refractivity contribution in [2.24, 2.45) is 0 Å². The number of rotatable bonds is 8. The quantitative estimate of drug-likeness (QED) is 0.152. The molecule has 0 aliphatic heterocycles. The van der Waals surface area contributed by atoms with Crippen molar-refractivity contribution in [2.45, 2.75) is 0 Å². The maximum atomic E-state index is 5.34. The first kappa shape index (κ1) is 39.9. The van der Waals surface area contributed by atoms with Crippen molar-refractivity contribution in [1.29, 1.82) is 0 Å². The molecule has 318 valence electrons. The number of benzene rings is 9. The van der Waals surface area contributed by atoms with Gasteiger partial charge in [0.15, 0.2) is 11.6 Å². The summed E-state index contributed by atoms with van der Waals surface area (Å²) in [5.74, 6) is 1.41. The van der Waals surface area contributed by atoms with Crippen LogP contribution in [0.1, 0.15) is 0 Å². The standard InChI is InChI=1S/C62H38N4S2/c1-3-14-39(15-4-1)41-28-32-43(33-29-41)55-59-57(51-24-7-9-26-53(51)67-59)65-61(63-55)49-22-12-20-47(37-49)45-18-11-19-46(36-45)48-21-13-23-50(38-48)62-64-56(60-58(66-62)52-25-8-10-27-54(52)68-60)44-34-30-42(31-35-44)40-16-5-2-6-17-40/h1-38H. The average molecular weight is 903 g/mol. The molecule has 0 radical (unpaired) electrons. The fraction of sp³-hybridized carbons (Fsp3) is 0. The highest BCUT2D eigenvalue weighted by atomic mass is 32.1. The van der Waals surface area contributed by atoms with E-state index in [0.717, 1.165) is 87.1 Å². The SMILES string of the molecule is c1ccc(-c2ccc(-c3nc(-c4cccc(-c5cccc(-c6cccc(-c7nc(-c8ccc(-c9ccccc9)cc8)c8sc9ccccc9c8n7)c6)c5)c4)nc4c3sc3ccccc34)cc2)cc1. The van der Waals surface area contributed by atoms with Gasteiger partial charge in [0.2, 0.25) is 0 Å². The lowest BCUT2D eigenvalue weighted by Crippen LogP contribution is -1.94. The van der Waals surface area contributed by atoms with Crippen molar-refractivity contribution < 1.29 is 0 Å². The van der Waals surface area contributed by atoms with E-state index < -0.39 is 0 Å². The van der Waals surface area contributed by atoms with Gasteiger partial charge in [-0.15, -0.1) is 22.7 Å². The Morgan fingerprint density at radius 1 is 0.235 bits per heavy atom. The lowest BCUT2D eigenvalue weighted by atomic mass is 9.96. The van der Waals surface area contributed by atoms with E-state index in [9.17, 15) is 0 Å². The molecular formula is C62H38N4S2. The van der Waals surface area contributed by atoms with Gasteiger partial charge in [-0.25, -0.2) is 19.9 Å². The molecule has 0 atom stereocenters. The summed E-state index contributed by atoms with van der Waals surface area (Å²) in [7, 11) is 0. The summed E-state index contributed by atoms with van der Waals surface area (Å²) in [5, 5.41) is 2.29. The highest BCUT2D eigenvalue weighted by Crippen LogP contribution is 2.42. The molecule has 6 heteroatoms. The number of hydrogen-bond donors (Lipinski definition) is 0. The highest BCUT2D eigenvalue weighted by molar-refractivity contribution is 7.26. The molecule has 0 spiro atoms. The number of aromatic nitrogens is 4. The first-order valence-electron chi connectivity index (χ1n) is 22.7. The Kier molecular flexibility index (Phi) is 9.85. The minimum atomic E-state index is 0.704. The Labute approximate surface area is 401 Å². The first-order valence-corrected chi connectivity index (χ1v) is 24.3. The number of hydrogen-bond acceptors (Lipinski definition) is 6. The van der Waals surface area contributed by atoms with Crippen LogP contribution in [0.25, 0.3) is 130 Å². The van der Waals surface area contributed by atoms with E-state index in [4.69, 9.17) is 19.9 Å². The largest absolute Gasteiger partial charge is 0.226 e. The second-order valence-corrected chi connectivity index (χ2v) is 19.1. The van der Waals surface area contributed by atoms with Crippen LogP contribution in [0.4, 0.5) is 0 Å². The van der Waals surface area contributed by atoms with Gasteiger partial charge in [0.25, 0.3) is 0 Å². The van der Waals surface area contributed by atoms with E-state index in [-0.39, 0.29) is 0 Å². The van der Waals surface area contributed by atoms with Crippen LogP contribution in [0.5, 0.6) is 0 Å². The summed E-state index contributed by atoms with van der Waals surface area (Å²) in [5.41, 5.74) is 17.1. The summed E-state index contributed by atoms with van der Waals surface area (Å²) in [6.45, 7) is 0. The Morgan fingerprint density at radius 2 is 0.544 bits per heavy atom. The van der Waals surface area contributed by atoms with Crippen molar-refractivity contribution in [1.82, 2.24) is 19.9 Å². The van der Waals surface area contributed by atoms with Crippen LogP contribution >= 0.6 is 22.7 Å². The monoisotopic (exact) mass is 902 g/mol. The lowest BCUT2D eigenvalue weighted by Gasteiger charge is -2.11. The molecule has 13 rings (SSSR count). The summed E-state index contributed by atoms with van der Waals surface area (Å²) in [6.07, 6.45) is 0. The third-order valence-electron chi connectivity index (χ3n) is 12.7. The molecule has 9 aromatic carbocycles. The van der Waals surface area contributed by atoms with Gasteiger partial charge in [-0.1, -0.05) is 200 Å². The summed E-state index contributed by atoms with van der Waals surface area (Å²) >= 11 is 3.51. The van der Waals surface area contributed by atoms with E-state index in [0.29, 0.717) is 11.6 Å². The Morgan fingerprint density at radius 3 is 0.956 bits per heavy atom. The molecule has 0 saturated carbocycles. The van der Waals surface area contributed by atoms with Crippen molar-refractivity contribution >= 4 is 63.3 Å². The number of nitrogens with zero attached hydrogens (tertiary/aromatic N) is 4. The predicted octanol–water partition coefficient (Wildman–Crippen LogP) is 17.3. The van der Waals surface area contributed by atoms with Crippen LogP contribution in [-0.4, -0.2) is 19.9 Å². The molecule has 4 heterocycles. The van der Waals surface area contributed by atoms with Crippen LogP contribution in [-0.2, 0) is 0 Å². The van der Waals surface area contributed by atoms with Crippen LogP contribution in [0, 0.1) is 0 Å². The normalized spacial score (nSPS) is 11.5. The molecule has 0 aliphatic carbocycles. The second kappa shape index (κ2) is 16.8. The minimum Gasteiger partial charge on any atom is -0.226 e. The predicted molar refractivity (Wildman–Crippen MR) is 287 cm³/mol. The molecule has 68 heavy (non-hydrogen) atoms. The zero-order chi connectivity index (χ0) is 45.0. The molecule has 0 aliphatic rings. The Bertz CT molecular complexity index is 3750. The van der Waals surface area contributed by atoms with E-state index in [2.05, 4.69) is 231 Å². The second-order valence-electron chi connectivity index (χ2n) is 17.0. The zero-order valence-corrected chi connectivity index (χ0v) is 38.2. The summed E-state index contributed by atoms with van der Waals surface area (Å²) in [4.78, 5) is 21.2. The van der Waals surface area contributed by atoms with Crippen molar-refractivity contribution in [3.63, 3.8) is 0 Å². The minimum absolute atomic E-state index is 0.704.